The van der Waals surface area contributed by atoms with Crippen LogP contribution in [0.1, 0.15) is 90.9 Å². The summed E-state index contributed by atoms with van der Waals surface area (Å²) in [6.45, 7) is 13.7. The van der Waals surface area contributed by atoms with E-state index in [4.69, 9.17) is 9.47 Å². The molecule has 3 amide bonds. The number of carbonyl (C=O) groups is 3. The number of unbranched alkanes of at least 4 members (excludes halogenated alkanes) is 3. The number of aliphatic hydroxyl groups excluding tert-OH is 1. The van der Waals surface area contributed by atoms with E-state index in [1.165, 1.54) is 6.42 Å². The van der Waals surface area contributed by atoms with Gasteiger partial charge in [0.25, 0.3) is 0 Å². The Labute approximate surface area is 280 Å². The third-order valence-corrected chi connectivity index (χ3v) is 11.1. The van der Waals surface area contributed by atoms with Crippen molar-refractivity contribution in [1.29, 1.82) is 0 Å². The number of aliphatic hydroxyl groups is 1. The molecule has 1 saturated carbocycles. The molecule has 2 bridgehead atoms. The predicted molar refractivity (Wildman–Crippen MR) is 183 cm³/mol. The highest BCUT2D eigenvalue weighted by atomic mass is 16.5. The molecule has 9 heteroatoms. The fourth-order valence-electron chi connectivity index (χ4n) is 8.98. The van der Waals surface area contributed by atoms with Crippen LogP contribution in [0.15, 0.2) is 49.6 Å². The van der Waals surface area contributed by atoms with Crippen LogP contribution in [0.3, 0.4) is 0 Å². The van der Waals surface area contributed by atoms with Gasteiger partial charge in [0.05, 0.1) is 24.0 Å². The second-order valence-corrected chi connectivity index (χ2v) is 13.7. The Morgan fingerprint density at radius 1 is 1.00 bits per heavy atom. The molecule has 0 radical (unpaired) electrons. The zero-order valence-corrected chi connectivity index (χ0v) is 28.5. The van der Waals surface area contributed by atoms with Crippen molar-refractivity contribution in [3.05, 3.63) is 49.6 Å². The maximum Gasteiger partial charge on any atom is 0.248 e. The monoisotopic (exact) mass is 649 g/mol. The van der Waals surface area contributed by atoms with Gasteiger partial charge in [-0.25, -0.2) is 0 Å². The lowest BCUT2D eigenvalue weighted by Gasteiger charge is -2.41. The molecule has 4 fully saturated rings. The minimum atomic E-state index is -1.07. The molecule has 3 heterocycles. The van der Waals surface area contributed by atoms with Gasteiger partial charge < -0.3 is 29.3 Å². The van der Waals surface area contributed by atoms with E-state index < -0.39 is 29.1 Å². The third kappa shape index (κ3) is 6.50. The number of fused-ring (bicyclic) bond motifs is 1. The molecule has 3 aliphatic heterocycles. The highest BCUT2D eigenvalue weighted by Crippen LogP contribution is 2.65. The molecular formula is C38H55N3O6. The zero-order chi connectivity index (χ0) is 33.6. The number of ether oxygens (including phenoxy) is 2. The van der Waals surface area contributed by atoms with Gasteiger partial charge in [-0.1, -0.05) is 51.2 Å². The van der Waals surface area contributed by atoms with Gasteiger partial charge >= 0.3 is 0 Å². The molecule has 1 spiro atoms. The van der Waals surface area contributed by atoms with Crippen molar-refractivity contribution >= 4 is 23.4 Å². The van der Waals surface area contributed by atoms with E-state index in [1.54, 1.807) is 22.0 Å². The first-order chi connectivity index (χ1) is 22.8. The first-order valence-corrected chi connectivity index (χ1v) is 18.0. The highest BCUT2D eigenvalue weighted by Gasteiger charge is 2.79. The molecule has 47 heavy (non-hydrogen) atoms. The summed E-state index contributed by atoms with van der Waals surface area (Å²) in [5, 5.41) is 9.29. The largest absolute Gasteiger partial charge is 0.494 e. The minimum absolute atomic E-state index is 0.0718. The summed E-state index contributed by atoms with van der Waals surface area (Å²) < 4.78 is 12.7. The van der Waals surface area contributed by atoms with Crippen LogP contribution in [0, 0.1) is 11.8 Å². The van der Waals surface area contributed by atoms with E-state index in [0.717, 1.165) is 50.7 Å². The van der Waals surface area contributed by atoms with Crippen molar-refractivity contribution in [2.75, 3.05) is 37.7 Å². The molecule has 3 saturated heterocycles. The SMILES string of the molecule is C=CCN(C(=O)[C@@H]1[C@H]2C(=O)N(CCCCCCO)C(C(=O)N(CC=C)C3CCCCC3)C23CC[C@@]1(CC)O3)c1ccc(OCC)cc1. The van der Waals surface area contributed by atoms with Crippen molar-refractivity contribution in [2.45, 2.75) is 114 Å². The molecule has 9 nitrogen and oxygen atoms in total. The van der Waals surface area contributed by atoms with Gasteiger partial charge in [0, 0.05) is 38.0 Å². The Balaban J connectivity index is 1.53. The van der Waals surface area contributed by atoms with Gasteiger partial charge in [-0.05, 0) is 76.1 Å². The van der Waals surface area contributed by atoms with E-state index in [0.29, 0.717) is 51.1 Å². The fourth-order valence-corrected chi connectivity index (χ4v) is 8.98. The molecule has 1 aliphatic carbocycles. The number of hydrogen-bond acceptors (Lipinski definition) is 6. The molecule has 0 aromatic heterocycles. The van der Waals surface area contributed by atoms with Gasteiger partial charge in [0.1, 0.15) is 17.4 Å². The van der Waals surface area contributed by atoms with Gasteiger partial charge in [-0.2, -0.15) is 0 Å². The van der Waals surface area contributed by atoms with Crippen LogP contribution in [0.4, 0.5) is 5.69 Å². The summed E-state index contributed by atoms with van der Waals surface area (Å²) in [6, 6.07) is 6.75. The second-order valence-electron chi connectivity index (χ2n) is 13.7. The summed E-state index contributed by atoms with van der Waals surface area (Å²) in [7, 11) is 0. The van der Waals surface area contributed by atoms with Crippen LogP contribution >= 0.6 is 0 Å². The Morgan fingerprint density at radius 2 is 1.70 bits per heavy atom. The van der Waals surface area contributed by atoms with Crippen LogP contribution in [0.25, 0.3) is 0 Å². The summed E-state index contributed by atoms with van der Waals surface area (Å²) >= 11 is 0. The number of benzene rings is 1. The number of nitrogens with zero attached hydrogens (tertiary/aromatic N) is 3. The van der Waals surface area contributed by atoms with Crippen molar-refractivity contribution in [3.8, 4) is 5.75 Å². The lowest BCUT2D eigenvalue weighted by Crippen LogP contribution is -2.58. The van der Waals surface area contributed by atoms with Gasteiger partial charge in [0.2, 0.25) is 17.7 Å². The molecule has 4 aliphatic rings. The summed E-state index contributed by atoms with van der Waals surface area (Å²) in [6.07, 6.45) is 13.6. The normalized spacial score (nSPS) is 28.3. The van der Waals surface area contributed by atoms with Gasteiger partial charge in [-0.15, -0.1) is 13.2 Å². The quantitative estimate of drug-likeness (QED) is 0.173. The van der Waals surface area contributed by atoms with Crippen molar-refractivity contribution in [1.82, 2.24) is 9.80 Å². The smallest absolute Gasteiger partial charge is 0.248 e. The van der Waals surface area contributed by atoms with Crippen LogP contribution in [0.2, 0.25) is 0 Å². The Kier molecular flexibility index (Phi) is 11.5. The van der Waals surface area contributed by atoms with E-state index >= 15 is 0 Å². The topological polar surface area (TPSA) is 99.6 Å². The summed E-state index contributed by atoms with van der Waals surface area (Å²) in [5.74, 6) is -1.14. The van der Waals surface area contributed by atoms with Crippen LogP contribution in [-0.4, -0.2) is 88.8 Å². The maximum atomic E-state index is 14.9. The predicted octanol–water partition coefficient (Wildman–Crippen LogP) is 5.66. The van der Waals surface area contributed by atoms with Crippen LogP contribution < -0.4 is 9.64 Å². The molecule has 5 atom stereocenters. The fraction of sp³-hybridized carbons (Fsp3) is 0.658. The second kappa shape index (κ2) is 15.4. The van der Waals surface area contributed by atoms with Crippen molar-refractivity contribution < 1.29 is 29.0 Å². The van der Waals surface area contributed by atoms with Crippen molar-refractivity contribution in [2.24, 2.45) is 11.8 Å². The molecule has 1 aromatic rings. The molecule has 2 unspecified atom stereocenters. The first kappa shape index (κ1) is 35.1. The van der Waals surface area contributed by atoms with Crippen LogP contribution in [0.5, 0.6) is 5.75 Å². The Hall–Kier alpha value is -3.17. The van der Waals surface area contributed by atoms with E-state index in [-0.39, 0.29) is 36.9 Å². The average Bonchev–Trinajstić information content (AvgIpc) is 3.70. The Morgan fingerprint density at radius 3 is 2.34 bits per heavy atom. The lowest BCUT2D eigenvalue weighted by atomic mass is 9.64. The molecular weight excluding hydrogens is 594 g/mol. The Bertz CT molecular complexity index is 1280. The summed E-state index contributed by atoms with van der Waals surface area (Å²) in [5.41, 5.74) is -1.20. The third-order valence-electron chi connectivity index (χ3n) is 11.1. The summed E-state index contributed by atoms with van der Waals surface area (Å²) in [4.78, 5) is 50.0. The van der Waals surface area contributed by atoms with E-state index in [2.05, 4.69) is 13.2 Å². The number of likely N-dealkylation sites (tertiary alicyclic amines) is 1. The average molecular weight is 650 g/mol. The zero-order valence-electron chi connectivity index (χ0n) is 28.5. The number of carbonyl (C=O) groups excluding carboxylic acids is 3. The first-order valence-electron chi connectivity index (χ1n) is 18.0. The number of anilines is 1. The maximum absolute atomic E-state index is 14.9. The van der Waals surface area contributed by atoms with Gasteiger partial charge in [-0.3, -0.25) is 14.4 Å². The van der Waals surface area contributed by atoms with E-state index in [9.17, 15) is 19.5 Å². The highest BCUT2D eigenvalue weighted by molar-refractivity contribution is 6.03. The molecule has 5 rings (SSSR count). The molecule has 258 valence electrons. The van der Waals surface area contributed by atoms with Crippen LogP contribution in [-0.2, 0) is 19.1 Å². The minimum Gasteiger partial charge on any atom is -0.494 e. The van der Waals surface area contributed by atoms with Gasteiger partial charge in [0.15, 0.2) is 0 Å². The number of hydrogen-bond donors (Lipinski definition) is 1. The molecule has 1 aromatic carbocycles. The number of rotatable bonds is 17. The molecule has 1 N–H and O–H groups in total. The van der Waals surface area contributed by atoms with Crippen molar-refractivity contribution in [3.63, 3.8) is 0 Å². The number of amides is 3. The standard InChI is InChI=1S/C38H55N3O6/c1-5-24-39(29-18-20-30(21-19-29)46-8-4)34(43)31-32-35(44)41(26-14-9-10-15-27-42)33(38(32)23-22-37(31,7-3)47-38)36(45)40(25-6-2)28-16-12-11-13-17-28/h5-6,18-21,28,31-33,42H,1-2,7-17,22-27H2,3-4H3/t31-,32-,33?,37+,38?/m0/s1. The lowest BCUT2D eigenvalue weighted by molar-refractivity contribution is -0.154. The van der Waals surface area contributed by atoms with E-state index in [1.807, 2.05) is 43.0 Å².